The van der Waals surface area contributed by atoms with Crippen molar-refractivity contribution in [1.82, 2.24) is 24.5 Å². The van der Waals surface area contributed by atoms with E-state index < -0.39 is 0 Å². The summed E-state index contributed by atoms with van der Waals surface area (Å²) in [6, 6.07) is 7.77. The van der Waals surface area contributed by atoms with E-state index in [-0.39, 0.29) is 5.91 Å². The first-order chi connectivity index (χ1) is 15.7. The number of aromatic nitrogens is 2. The number of hydrogen-bond acceptors (Lipinski definition) is 4. The summed E-state index contributed by atoms with van der Waals surface area (Å²) in [4.78, 5) is 20.7. The summed E-state index contributed by atoms with van der Waals surface area (Å²) in [5, 5.41) is 5.59. The zero-order valence-corrected chi connectivity index (χ0v) is 19.7. The van der Waals surface area contributed by atoms with Gasteiger partial charge in [-0.1, -0.05) is 18.0 Å². The molecule has 2 aromatic rings. The average Bonchev–Trinajstić information content (AvgIpc) is 3.40. The van der Waals surface area contributed by atoms with Crippen molar-refractivity contribution in [2.24, 2.45) is 0 Å². The van der Waals surface area contributed by atoms with Gasteiger partial charge in [-0.2, -0.15) is 5.10 Å². The lowest BCUT2D eigenvalue weighted by molar-refractivity contribution is 0.0619. The lowest BCUT2D eigenvalue weighted by Gasteiger charge is -2.35. The molecular formula is C25H34ClN5O. The van der Waals surface area contributed by atoms with E-state index in [0.29, 0.717) is 10.7 Å². The Morgan fingerprint density at radius 3 is 2.19 bits per heavy atom. The molecule has 0 bridgehead atoms. The summed E-state index contributed by atoms with van der Waals surface area (Å²) < 4.78 is 2.00. The summed E-state index contributed by atoms with van der Waals surface area (Å²) in [5.41, 5.74) is 4.03. The third-order valence-corrected chi connectivity index (χ3v) is 7.55. The molecule has 1 amide bonds. The van der Waals surface area contributed by atoms with Crippen LogP contribution in [0.1, 0.15) is 53.8 Å². The van der Waals surface area contributed by atoms with Crippen LogP contribution in [0.2, 0.25) is 5.02 Å². The van der Waals surface area contributed by atoms with Gasteiger partial charge in [0.25, 0.3) is 5.91 Å². The molecule has 0 radical (unpaired) electrons. The lowest BCUT2D eigenvalue weighted by atomic mass is 10.1. The fourth-order valence-corrected chi connectivity index (χ4v) is 5.48. The molecule has 3 heterocycles. The number of nitrogens with zero attached hydrogens (tertiary/aromatic N) is 5. The van der Waals surface area contributed by atoms with Crippen molar-refractivity contribution >= 4 is 17.5 Å². The van der Waals surface area contributed by atoms with Crippen molar-refractivity contribution in [2.45, 2.75) is 44.9 Å². The summed E-state index contributed by atoms with van der Waals surface area (Å²) in [6.07, 6.45) is 8.09. The van der Waals surface area contributed by atoms with Crippen LogP contribution in [0.4, 0.5) is 0 Å². The van der Waals surface area contributed by atoms with Crippen LogP contribution in [0.15, 0.2) is 24.3 Å². The highest BCUT2D eigenvalue weighted by Gasteiger charge is 2.30. The summed E-state index contributed by atoms with van der Waals surface area (Å²) in [6.45, 7) is 8.28. The van der Waals surface area contributed by atoms with Crippen LogP contribution in [0.3, 0.4) is 0 Å². The molecule has 32 heavy (non-hydrogen) atoms. The molecule has 3 aliphatic rings. The number of fused-ring (bicyclic) bond motifs is 1. The SMILES string of the molecule is O=C(c1nn(-c2ccc(Cl)cc2)c2c1CCCCC2)N1CCN(CCN2CCCC2)CC1. The smallest absolute Gasteiger partial charge is 0.274 e. The second kappa shape index (κ2) is 9.94. The predicted molar refractivity (Wildman–Crippen MR) is 128 cm³/mol. The Morgan fingerprint density at radius 1 is 0.812 bits per heavy atom. The van der Waals surface area contributed by atoms with Gasteiger partial charge in [0, 0.05) is 55.5 Å². The first kappa shape index (κ1) is 21.9. The monoisotopic (exact) mass is 455 g/mol. The van der Waals surface area contributed by atoms with Crippen molar-refractivity contribution in [3.05, 3.63) is 46.2 Å². The number of likely N-dealkylation sites (tertiary alicyclic amines) is 1. The average molecular weight is 456 g/mol. The highest BCUT2D eigenvalue weighted by molar-refractivity contribution is 6.30. The molecule has 2 fully saturated rings. The van der Waals surface area contributed by atoms with Crippen molar-refractivity contribution < 1.29 is 4.79 Å². The molecule has 5 rings (SSSR count). The van der Waals surface area contributed by atoms with Gasteiger partial charge in [-0.05, 0) is 75.9 Å². The minimum absolute atomic E-state index is 0.107. The van der Waals surface area contributed by atoms with Gasteiger partial charge in [0.05, 0.1) is 5.69 Å². The Hall–Kier alpha value is -1.89. The van der Waals surface area contributed by atoms with Crippen LogP contribution in [-0.4, -0.2) is 82.7 Å². The van der Waals surface area contributed by atoms with E-state index in [1.807, 2.05) is 33.8 Å². The molecule has 0 saturated carbocycles. The number of carbonyl (C=O) groups is 1. The Balaban J connectivity index is 1.30. The minimum atomic E-state index is 0.107. The Bertz CT molecular complexity index is 927. The standard InChI is InChI=1S/C25H34ClN5O/c26-20-8-10-21(11-9-20)31-23-7-3-1-2-6-22(23)24(27-31)25(32)30-18-16-29(17-19-30)15-14-28-12-4-5-13-28/h8-11H,1-7,12-19H2. The number of carbonyl (C=O) groups excluding carboxylic acids is 1. The van der Waals surface area contributed by atoms with Crippen LogP contribution in [0.25, 0.3) is 5.69 Å². The number of rotatable bonds is 5. The molecule has 1 aromatic heterocycles. The maximum Gasteiger partial charge on any atom is 0.274 e. The molecular weight excluding hydrogens is 422 g/mol. The third kappa shape index (κ3) is 4.73. The number of hydrogen-bond donors (Lipinski definition) is 0. The maximum atomic E-state index is 13.6. The predicted octanol–water partition coefficient (Wildman–Crippen LogP) is 3.65. The zero-order valence-electron chi connectivity index (χ0n) is 18.9. The Kier molecular flexibility index (Phi) is 6.81. The van der Waals surface area contributed by atoms with Crippen LogP contribution in [0, 0.1) is 0 Å². The molecule has 7 heteroatoms. The van der Waals surface area contributed by atoms with E-state index in [9.17, 15) is 4.79 Å². The number of halogens is 1. The lowest BCUT2D eigenvalue weighted by Crippen LogP contribution is -2.50. The number of amides is 1. The van der Waals surface area contributed by atoms with Gasteiger partial charge in [-0.15, -0.1) is 0 Å². The van der Waals surface area contributed by atoms with Crippen LogP contribution >= 0.6 is 11.6 Å². The zero-order chi connectivity index (χ0) is 21.9. The first-order valence-corrected chi connectivity index (χ1v) is 12.7. The van der Waals surface area contributed by atoms with Gasteiger partial charge in [0.1, 0.15) is 0 Å². The molecule has 172 valence electrons. The highest BCUT2D eigenvalue weighted by Crippen LogP contribution is 2.28. The summed E-state index contributed by atoms with van der Waals surface area (Å²) >= 11 is 6.10. The fraction of sp³-hybridized carbons (Fsp3) is 0.600. The van der Waals surface area contributed by atoms with Gasteiger partial charge in [-0.3, -0.25) is 9.69 Å². The summed E-state index contributed by atoms with van der Waals surface area (Å²) in [7, 11) is 0. The van der Waals surface area contributed by atoms with Gasteiger partial charge >= 0.3 is 0 Å². The van der Waals surface area contributed by atoms with Gasteiger partial charge in [0.2, 0.25) is 0 Å². The van der Waals surface area contributed by atoms with E-state index in [0.717, 1.165) is 70.6 Å². The first-order valence-electron chi connectivity index (χ1n) is 12.3. The number of benzene rings is 1. The van der Waals surface area contributed by atoms with Gasteiger partial charge in [-0.25, -0.2) is 4.68 Å². The molecule has 0 N–H and O–H groups in total. The van der Waals surface area contributed by atoms with Gasteiger partial charge < -0.3 is 9.80 Å². The van der Waals surface area contributed by atoms with Gasteiger partial charge in [0.15, 0.2) is 5.69 Å². The van der Waals surface area contributed by atoms with E-state index in [2.05, 4.69) is 9.80 Å². The molecule has 2 aliphatic heterocycles. The molecule has 1 aliphatic carbocycles. The van der Waals surface area contributed by atoms with Crippen molar-refractivity contribution in [2.75, 3.05) is 52.4 Å². The van der Waals surface area contributed by atoms with E-state index in [1.54, 1.807) is 0 Å². The Morgan fingerprint density at radius 2 is 1.47 bits per heavy atom. The molecule has 0 spiro atoms. The summed E-state index contributed by atoms with van der Waals surface area (Å²) in [5.74, 6) is 0.107. The largest absolute Gasteiger partial charge is 0.335 e. The van der Waals surface area contributed by atoms with Crippen molar-refractivity contribution in [1.29, 1.82) is 0 Å². The van der Waals surface area contributed by atoms with Crippen LogP contribution < -0.4 is 0 Å². The van der Waals surface area contributed by atoms with E-state index >= 15 is 0 Å². The van der Waals surface area contributed by atoms with E-state index in [1.165, 1.54) is 43.6 Å². The van der Waals surface area contributed by atoms with Crippen LogP contribution in [-0.2, 0) is 12.8 Å². The maximum absolute atomic E-state index is 13.6. The molecule has 6 nitrogen and oxygen atoms in total. The molecule has 2 saturated heterocycles. The van der Waals surface area contributed by atoms with Crippen molar-refractivity contribution in [3.8, 4) is 5.69 Å². The Labute approximate surface area is 196 Å². The van der Waals surface area contributed by atoms with Crippen molar-refractivity contribution in [3.63, 3.8) is 0 Å². The third-order valence-electron chi connectivity index (χ3n) is 7.29. The highest BCUT2D eigenvalue weighted by atomic mass is 35.5. The molecule has 0 atom stereocenters. The number of piperazine rings is 1. The normalized spacial score (nSPS) is 20.3. The molecule has 0 unspecified atom stereocenters. The minimum Gasteiger partial charge on any atom is -0.335 e. The van der Waals surface area contributed by atoms with Crippen LogP contribution in [0.5, 0.6) is 0 Å². The second-order valence-electron chi connectivity index (χ2n) is 9.41. The molecule has 1 aromatic carbocycles. The fourth-order valence-electron chi connectivity index (χ4n) is 5.36. The van der Waals surface area contributed by atoms with E-state index in [4.69, 9.17) is 16.7 Å². The second-order valence-corrected chi connectivity index (χ2v) is 9.84. The quantitative estimate of drug-likeness (QED) is 0.645. The topological polar surface area (TPSA) is 44.6 Å².